The number of hydrogen-bond donors (Lipinski definition) is 3. The molecule has 3 N–H and O–H groups in total. The Morgan fingerprint density at radius 3 is 2.68 bits per heavy atom. The lowest BCUT2D eigenvalue weighted by Gasteiger charge is -2.14. The Kier molecular flexibility index (Phi) is 6.67. The number of ether oxygens (including phenoxy) is 1. The molecule has 0 aliphatic carbocycles. The Bertz CT molecular complexity index is 380. The largest absolute Gasteiger partial charge is 0.504 e. The predicted molar refractivity (Wildman–Crippen MR) is 76.4 cm³/mol. The number of nitrogens with one attached hydrogen (secondary N) is 1. The third kappa shape index (κ3) is 5.94. The van der Waals surface area contributed by atoms with Crippen molar-refractivity contribution in [3.63, 3.8) is 0 Å². The maximum Gasteiger partial charge on any atom is 0.161 e. The molecule has 4 nitrogen and oxygen atoms in total. The molecule has 4 heteroatoms. The van der Waals surface area contributed by atoms with E-state index in [1.807, 2.05) is 19.1 Å². The normalized spacial score (nSPS) is 12.7. The molecular weight excluding hydrogens is 242 g/mol. The molecule has 0 amide bonds. The summed E-state index contributed by atoms with van der Waals surface area (Å²) in [5.41, 5.74) is 1.03. The van der Waals surface area contributed by atoms with E-state index in [-0.39, 0.29) is 11.9 Å². The molecule has 0 saturated heterocycles. The van der Waals surface area contributed by atoms with E-state index >= 15 is 0 Å². The van der Waals surface area contributed by atoms with E-state index in [4.69, 9.17) is 4.74 Å². The van der Waals surface area contributed by atoms with Crippen LogP contribution in [0.1, 0.15) is 32.8 Å². The number of hydrogen-bond acceptors (Lipinski definition) is 4. The summed E-state index contributed by atoms with van der Waals surface area (Å²) in [4.78, 5) is 0. The van der Waals surface area contributed by atoms with Gasteiger partial charge in [0.15, 0.2) is 11.5 Å². The fourth-order valence-corrected chi connectivity index (χ4v) is 1.95. The van der Waals surface area contributed by atoms with Crippen molar-refractivity contribution in [2.45, 2.75) is 39.8 Å². The molecule has 0 aliphatic heterocycles. The summed E-state index contributed by atoms with van der Waals surface area (Å²) < 4.78 is 5.33. The van der Waals surface area contributed by atoms with Crippen LogP contribution in [-0.4, -0.2) is 29.5 Å². The quantitative estimate of drug-likeness (QED) is 0.676. The van der Waals surface area contributed by atoms with Crippen molar-refractivity contribution in [3.8, 4) is 11.5 Å². The van der Waals surface area contributed by atoms with Crippen LogP contribution in [0.5, 0.6) is 11.5 Å². The first kappa shape index (κ1) is 15.8. The van der Waals surface area contributed by atoms with Crippen LogP contribution in [0.25, 0.3) is 0 Å². The maximum atomic E-state index is 9.75. The van der Waals surface area contributed by atoms with Crippen molar-refractivity contribution in [2.75, 3.05) is 13.2 Å². The summed E-state index contributed by atoms with van der Waals surface area (Å²) in [7, 11) is 0. The van der Waals surface area contributed by atoms with Gasteiger partial charge in [-0.1, -0.05) is 19.9 Å². The number of aliphatic hydroxyl groups excluding tert-OH is 1. The summed E-state index contributed by atoms with van der Waals surface area (Å²) in [6, 6.07) is 5.30. The van der Waals surface area contributed by atoms with Gasteiger partial charge < -0.3 is 20.3 Å². The van der Waals surface area contributed by atoms with Gasteiger partial charge in [0, 0.05) is 13.1 Å². The molecule has 0 heterocycles. The van der Waals surface area contributed by atoms with E-state index in [1.165, 1.54) is 0 Å². The number of phenols is 1. The first-order valence-corrected chi connectivity index (χ1v) is 6.86. The Hall–Kier alpha value is -1.26. The number of rotatable bonds is 8. The molecule has 1 rings (SSSR count). The van der Waals surface area contributed by atoms with Crippen molar-refractivity contribution < 1.29 is 14.9 Å². The van der Waals surface area contributed by atoms with E-state index in [0.717, 1.165) is 12.0 Å². The lowest BCUT2D eigenvalue weighted by atomic mass is 10.1. The molecule has 1 aromatic rings. The van der Waals surface area contributed by atoms with E-state index < -0.39 is 0 Å². The molecule has 19 heavy (non-hydrogen) atoms. The van der Waals surface area contributed by atoms with Gasteiger partial charge in [-0.25, -0.2) is 0 Å². The van der Waals surface area contributed by atoms with Gasteiger partial charge in [-0.05, 0) is 37.0 Å². The second-order valence-corrected chi connectivity index (χ2v) is 5.15. The molecule has 0 aliphatic rings. The van der Waals surface area contributed by atoms with Gasteiger partial charge in [0.2, 0.25) is 0 Å². The summed E-state index contributed by atoms with van der Waals surface area (Å²) in [5.74, 6) is 1.16. The second-order valence-electron chi connectivity index (χ2n) is 5.15. The molecule has 0 spiro atoms. The minimum atomic E-state index is -0.316. The van der Waals surface area contributed by atoms with Gasteiger partial charge in [-0.2, -0.15) is 0 Å². The second kappa shape index (κ2) is 8.02. The molecule has 1 atom stereocenters. The zero-order valence-corrected chi connectivity index (χ0v) is 12.0. The van der Waals surface area contributed by atoms with Crippen LogP contribution in [-0.2, 0) is 6.54 Å². The van der Waals surface area contributed by atoms with Crippen molar-refractivity contribution in [1.82, 2.24) is 5.32 Å². The summed E-state index contributed by atoms with van der Waals surface area (Å²) >= 11 is 0. The number of benzene rings is 1. The van der Waals surface area contributed by atoms with Crippen LogP contribution in [0, 0.1) is 5.92 Å². The van der Waals surface area contributed by atoms with Crippen LogP contribution in [0.15, 0.2) is 18.2 Å². The number of phenolic OH excluding ortho intramolecular Hbond substituents is 1. The van der Waals surface area contributed by atoms with Crippen LogP contribution in [0.3, 0.4) is 0 Å². The first-order valence-electron chi connectivity index (χ1n) is 6.86. The molecular formula is C15H25NO3. The maximum absolute atomic E-state index is 9.75. The number of aliphatic hydroxyl groups is 1. The molecule has 0 bridgehead atoms. The molecule has 0 aromatic heterocycles. The van der Waals surface area contributed by atoms with Crippen LogP contribution >= 0.6 is 0 Å². The van der Waals surface area contributed by atoms with Gasteiger partial charge in [0.05, 0.1) is 12.7 Å². The SMILES string of the molecule is CCOc1cc(CNCC(O)CC(C)C)ccc1O. The minimum absolute atomic E-state index is 0.158. The summed E-state index contributed by atoms with van der Waals surface area (Å²) in [6.07, 6.45) is 0.482. The zero-order chi connectivity index (χ0) is 14.3. The van der Waals surface area contributed by atoms with Crippen LogP contribution < -0.4 is 10.1 Å². The lowest BCUT2D eigenvalue weighted by Crippen LogP contribution is -2.27. The lowest BCUT2D eigenvalue weighted by molar-refractivity contribution is 0.146. The Labute approximate surface area is 115 Å². The fraction of sp³-hybridized carbons (Fsp3) is 0.600. The monoisotopic (exact) mass is 267 g/mol. The highest BCUT2D eigenvalue weighted by Gasteiger charge is 2.07. The van der Waals surface area contributed by atoms with Gasteiger partial charge in [0.1, 0.15) is 0 Å². The topological polar surface area (TPSA) is 61.7 Å². The molecule has 0 fully saturated rings. The van der Waals surface area contributed by atoms with E-state index in [1.54, 1.807) is 6.07 Å². The molecule has 0 saturated carbocycles. The smallest absolute Gasteiger partial charge is 0.161 e. The van der Waals surface area contributed by atoms with Gasteiger partial charge in [-0.3, -0.25) is 0 Å². The highest BCUT2D eigenvalue weighted by atomic mass is 16.5. The van der Waals surface area contributed by atoms with E-state index in [2.05, 4.69) is 19.2 Å². The average Bonchev–Trinajstić information content (AvgIpc) is 2.32. The highest BCUT2D eigenvalue weighted by Crippen LogP contribution is 2.26. The standard InChI is InChI=1S/C15H25NO3/c1-4-19-15-8-12(5-6-14(15)18)9-16-10-13(17)7-11(2)3/h5-6,8,11,13,16-18H,4,7,9-10H2,1-3H3. The Morgan fingerprint density at radius 1 is 1.32 bits per heavy atom. The van der Waals surface area contributed by atoms with Gasteiger partial charge in [0.25, 0.3) is 0 Å². The van der Waals surface area contributed by atoms with Crippen LogP contribution in [0.4, 0.5) is 0 Å². The third-order valence-corrected chi connectivity index (χ3v) is 2.78. The Morgan fingerprint density at radius 2 is 2.05 bits per heavy atom. The highest BCUT2D eigenvalue weighted by molar-refractivity contribution is 5.41. The summed E-state index contributed by atoms with van der Waals surface area (Å²) in [5, 5.41) is 22.6. The fourth-order valence-electron chi connectivity index (χ4n) is 1.95. The van der Waals surface area contributed by atoms with Crippen LogP contribution in [0.2, 0.25) is 0 Å². The van der Waals surface area contributed by atoms with Crippen molar-refractivity contribution >= 4 is 0 Å². The van der Waals surface area contributed by atoms with E-state index in [9.17, 15) is 10.2 Å². The first-order chi connectivity index (χ1) is 9.02. The summed E-state index contributed by atoms with van der Waals surface area (Å²) in [6.45, 7) is 7.82. The Balaban J connectivity index is 2.43. The van der Waals surface area contributed by atoms with Gasteiger partial charge in [-0.15, -0.1) is 0 Å². The minimum Gasteiger partial charge on any atom is -0.504 e. The molecule has 0 radical (unpaired) electrons. The average molecular weight is 267 g/mol. The van der Waals surface area contributed by atoms with E-state index in [0.29, 0.717) is 31.4 Å². The van der Waals surface area contributed by atoms with Crippen molar-refractivity contribution in [3.05, 3.63) is 23.8 Å². The predicted octanol–water partition coefficient (Wildman–Crippen LogP) is 2.29. The van der Waals surface area contributed by atoms with Crippen molar-refractivity contribution in [2.24, 2.45) is 5.92 Å². The van der Waals surface area contributed by atoms with Gasteiger partial charge >= 0.3 is 0 Å². The number of aromatic hydroxyl groups is 1. The molecule has 1 aromatic carbocycles. The third-order valence-electron chi connectivity index (χ3n) is 2.78. The zero-order valence-electron chi connectivity index (χ0n) is 12.0. The molecule has 108 valence electrons. The van der Waals surface area contributed by atoms with Crippen molar-refractivity contribution in [1.29, 1.82) is 0 Å². The molecule has 1 unspecified atom stereocenters.